The molecule has 0 fully saturated rings. The monoisotopic (exact) mass is 263 g/mol. The SMILES string of the molecule is O=C(O)c1ccc(CSc2ccncc2)c(F)c1. The van der Waals surface area contributed by atoms with Crippen LogP contribution in [0.5, 0.6) is 0 Å². The highest BCUT2D eigenvalue weighted by molar-refractivity contribution is 7.98. The first kappa shape index (κ1) is 12.6. The normalized spacial score (nSPS) is 10.3. The van der Waals surface area contributed by atoms with Gasteiger partial charge in [-0.3, -0.25) is 4.98 Å². The van der Waals surface area contributed by atoms with Crippen molar-refractivity contribution in [2.45, 2.75) is 10.6 Å². The largest absolute Gasteiger partial charge is 0.478 e. The second kappa shape index (κ2) is 5.64. The van der Waals surface area contributed by atoms with Crippen molar-refractivity contribution >= 4 is 17.7 Å². The van der Waals surface area contributed by atoms with Crippen LogP contribution in [0.2, 0.25) is 0 Å². The van der Waals surface area contributed by atoms with E-state index in [9.17, 15) is 9.18 Å². The van der Waals surface area contributed by atoms with Gasteiger partial charge in [0.15, 0.2) is 0 Å². The molecular formula is C13H10FNO2S. The predicted molar refractivity (Wildman–Crippen MR) is 67.2 cm³/mol. The fraction of sp³-hybridized carbons (Fsp3) is 0.0769. The lowest BCUT2D eigenvalue weighted by molar-refractivity contribution is 0.0696. The van der Waals surface area contributed by atoms with Crippen molar-refractivity contribution < 1.29 is 14.3 Å². The van der Waals surface area contributed by atoms with Gasteiger partial charge in [-0.25, -0.2) is 9.18 Å². The molecule has 0 unspecified atom stereocenters. The number of rotatable bonds is 4. The molecule has 3 nitrogen and oxygen atoms in total. The van der Waals surface area contributed by atoms with E-state index in [1.54, 1.807) is 12.4 Å². The van der Waals surface area contributed by atoms with Gasteiger partial charge < -0.3 is 5.11 Å². The molecule has 5 heteroatoms. The Hall–Kier alpha value is -1.88. The standard InChI is InChI=1S/C13H10FNO2S/c14-12-7-9(13(16)17)1-2-10(12)8-18-11-3-5-15-6-4-11/h1-7H,8H2,(H,16,17). The van der Waals surface area contributed by atoms with Crippen LogP contribution in [0.25, 0.3) is 0 Å². The minimum Gasteiger partial charge on any atom is -0.478 e. The number of benzene rings is 1. The zero-order chi connectivity index (χ0) is 13.0. The first-order valence-electron chi connectivity index (χ1n) is 5.21. The minimum atomic E-state index is -1.12. The van der Waals surface area contributed by atoms with Crippen LogP contribution >= 0.6 is 11.8 Å². The third-order valence-corrected chi connectivity index (χ3v) is 3.40. The first-order valence-corrected chi connectivity index (χ1v) is 6.20. The number of carboxylic acids is 1. The predicted octanol–water partition coefficient (Wildman–Crippen LogP) is 3.21. The van der Waals surface area contributed by atoms with Gasteiger partial charge >= 0.3 is 5.97 Å². The molecule has 2 aromatic rings. The number of pyridine rings is 1. The molecule has 0 aliphatic carbocycles. The third kappa shape index (κ3) is 3.07. The Morgan fingerprint density at radius 3 is 2.61 bits per heavy atom. The molecule has 0 spiro atoms. The Labute approximate surface area is 108 Å². The molecule has 92 valence electrons. The van der Waals surface area contributed by atoms with E-state index in [1.165, 1.54) is 23.9 Å². The summed E-state index contributed by atoms with van der Waals surface area (Å²) in [5.74, 6) is -1.16. The van der Waals surface area contributed by atoms with E-state index < -0.39 is 11.8 Å². The van der Waals surface area contributed by atoms with Crippen LogP contribution in [0.15, 0.2) is 47.6 Å². The number of carboxylic acid groups (broad SMARTS) is 1. The zero-order valence-electron chi connectivity index (χ0n) is 9.34. The van der Waals surface area contributed by atoms with E-state index in [2.05, 4.69) is 4.98 Å². The number of thioether (sulfide) groups is 1. The molecule has 0 radical (unpaired) electrons. The fourth-order valence-electron chi connectivity index (χ4n) is 1.39. The van der Waals surface area contributed by atoms with Crippen molar-refractivity contribution in [3.8, 4) is 0 Å². The van der Waals surface area contributed by atoms with Gasteiger partial charge in [-0.2, -0.15) is 0 Å². The van der Waals surface area contributed by atoms with E-state index >= 15 is 0 Å². The minimum absolute atomic E-state index is 0.0369. The topological polar surface area (TPSA) is 50.2 Å². The molecule has 1 aromatic heterocycles. The van der Waals surface area contributed by atoms with Gasteiger partial charge in [-0.1, -0.05) is 6.07 Å². The Kier molecular flexibility index (Phi) is 3.94. The molecule has 18 heavy (non-hydrogen) atoms. The van der Waals surface area contributed by atoms with Gasteiger partial charge in [-0.05, 0) is 29.8 Å². The van der Waals surface area contributed by atoms with Crippen LogP contribution < -0.4 is 0 Å². The summed E-state index contributed by atoms with van der Waals surface area (Å²) in [4.78, 5) is 15.6. The highest BCUT2D eigenvalue weighted by Gasteiger charge is 2.08. The van der Waals surface area contributed by atoms with Crippen LogP contribution in [-0.2, 0) is 5.75 Å². The third-order valence-electron chi connectivity index (χ3n) is 2.34. The van der Waals surface area contributed by atoms with Crippen molar-refractivity contribution in [3.05, 3.63) is 59.7 Å². The summed E-state index contributed by atoms with van der Waals surface area (Å²) in [6.07, 6.45) is 3.35. The molecule has 0 aliphatic heterocycles. The summed E-state index contributed by atoms with van der Waals surface area (Å²) in [6.45, 7) is 0. The van der Waals surface area contributed by atoms with Crippen molar-refractivity contribution in [2.24, 2.45) is 0 Å². The van der Waals surface area contributed by atoms with Crippen LogP contribution in [0.1, 0.15) is 15.9 Å². The summed E-state index contributed by atoms with van der Waals surface area (Å²) in [5.41, 5.74) is 0.451. The average Bonchev–Trinajstić information content (AvgIpc) is 2.38. The Balaban J connectivity index is 2.08. The molecule has 1 heterocycles. The van der Waals surface area contributed by atoms with Crippen molar-refractivity contribution in [1.82, 2.24) is 4.98 Å². The maximum absolute atomic E-state index is 13.6. The summed E-state index contributed by atoms with van der Waals surface area (Å²) in [6, 6.07) is 7.65. The summed E-state index contributed by atoms with van der Waals surface area (Å²) < 4.78 is 13.6. The number of nitrogens with zero attached hydrogens (tertiary/aromatic N) is 1. The Morgan fingerprint density at radius 2 is 2.00 bits per heavy atom. The maximum atomic E-state index is 13.6. The molecule has 2 rings (SSSR count). The van der Waals surface area contributed by atoms with E-state index in [4.69, 9.17) is 5.11 Å². The highest BCUT2D eigenvalue weighted by atomic mass is 32.2. The van der Waals surface area contributed by atoms with Crippen LogP contribution in [0.4, 0.5) is 4.39 Å². The molecule has 0 bridgehead atoms. The smallest absolute Gasteiger partial charge is 0.335 e. The number of hydrogen-bond acceptors (Lipinski definition) is 3. The van der Waals surface area contributed by atoms with E-state index in [-0.39, 0.29) is 5.56 Å². The number of hydrogen-bond donors (Lipinski definition) is 1. The number of halogens is 1. The maximum Gasteiger partial charge on any atom is 0.335 e. The van der Waals surface area contributed by atoms with Crippen molar-refractivity contribution in [2.75, 3.05) is 0 Å². The lowest BCUT2D eigenvalue weighted by Crippen LogP contribution is -1.98. The molecule has 1 N–H and O–H groups in total. The summed E-state index contributed by atoms with van der Waals surface area (Å²) in [5, 5.41) is 8.73. The molecule has 1 aromatic carbocycles. The number of aromatic nitrogens is 1. The molecule has 0 amide bonds. The molecule has 0 atom stereocenters. The second-order valence-corrected chi connectivity index (χ2v) is 4.63. The average molecular weight is 263 g/mol. The quantitative estimate of drug-likeness (QED) is 0.860. The lowest BCUT2D eigenvalue weighted by Gasteiger charge is -2.04. The van der Waals surface area contributed by atoms with Gasteiger partial charge in [0, 0.05) is 23.0 Å². The van der Waals surface area contributed by atoms with Crippen LogP contribution in [0, 0.1) is 5.82 Å². The molecule has 0 saturated heterocycles. The number of aromatic carboxylic acids is 1. The second-order valence-electron chi connectivity index (χ2n) is 3.58. The summed E-state index contributed by atoms with van der Waals surface area (Å²) >= 11 is 1.47. The van der Waals surface area contributed by atoms with Crippen molar-refractivity contribution in [1.29, 1.82) is 0 Å². The Bertz CT molecular complexity index is 560. The van der Waals surface area contributed by atoms with E-state index in [0.29, 0.717) is 11.3 Å². The summed E-state index contributed by atoms with van der Waals surface area (Å²) in [7, 11) is 0. The molecule has 0 saturated carbocycles. The van der Waals surface area contributed by atoms with E-state index in [0.717, 1.165) is 11.0 Å². The van der Waals surface area contributed by atoms with Crippen molar-refractivity contribution in [3.63, 3.8) is 0 Å². The van der Waals surface area contributed by atoms with Gasteiger partial charge in [-0.15, -0.1) is 11.8 Å². The van der Waals surface area contributed by atoms with Gasteiger partial charge in [0.1, 0.15) is 5.82 Å². The van der Waals surface area contributed by atoms with Crippen LogP contribution in [-0.4, -0.2) is 16.1 Å². The van der Waals surface area contributed by atoms with Gasteiger partial charge in [0.25, 0.3) is 0 Å². The Morgan fingerprint density at radius 1 is 1.28 bits per heavy atom. The highest BCUT2D eigenvalue weighted by Crippen LogP contribution is 2.23. The lowest BCUT2D eigenvalue weighted by atomic mass is 10.1. The van der Waals surface area contributed by atoms with Gasteiger partial charge in [0.2, 0.25) is 0 Å². The molecule has 0 aliphatic rings. The first-order chi connectivity index (χ1) is 8.66. The van der Waals surface area contributed by atoms with Gasteiger partial charge in [0.05, 0.1) is 5.56 Å². The zero-order valence-corrected chi connectivity index (χ0v) is 10.2. The van der Waals surface area contributed by atoms with E-state index in [1.807, 2.05) is 12.1 Å². The fourth-order valence-corrected chi connectivity index (χ4v) is 2.26. The van der Waals surface area contributed by atoms with Crippen LogP contribution in [0.3, 0.4) is 0 Å². The number of carbonyl (C=O) groups is 1. The molecular weight excluding hydrogens is 253 g/mol.